The highest BCUT2D eigenvalue weighted by molar-refractivity contribution is 6.30. The third-order valence-corrected chi connectivity index (χ3v) is 2.31. The Morgan fingerprint density at radius 2 is 1.94 bits per heavy atom. The van der Waals surface area contributed by atoms with Gasteiger partial charge in [0.15, 0.2) is 11.5 Å². The summed E-state index contributed by atoms with van der Waals surface area (Å²) in [5.41, 5.74) is 0. The average molecular weight is 256 g/mol. The van der Waals surface area contributed by atoms with Crippen LogP contribution in [0.3, 0.4) is 0 Å². The Kier molecular flexibility index (Phi) is 3.17. The fourth-order valence-electron chi connectivity index (χ4n) is 1.13. The highest BCUT2D eigenvalue weighted by Gasteiger charge is 2.04. The molecule has 3 nitrogen and oxygen atoms in total. The Hall–Kier alpha value is -1.45. The first kappa shape index (κ1) is 11.0. The molecular weight excluding hydrogens is 249 g/mol. The van der Waals surface area contributed by atoms with Gasteiger partial charge in [0, 0.05) is 11.1 Å². The molecule has 0 aliphatic heterocycles. The Bertz CT molecular complexity index is 500. The van der Waals surface area contributed by atoms with E-state index in [0.717, 1.165) is 0 Å². The second-order valence-electron chi connectivity index (χ2n) is 3.03. The summed E-state index contributed by atoms with van der Waals surface area (Å²) in [4.78, 5) is 3.86. The molecule has 5 heteroatoms. The monoisotopic (exact) mass is 255 g/mol. The average Bonchev–Trinajstić information content (AvgIpc) is 2.25. The Morgan fingerprint density at radius 3 is 2.56 bits per heavy atom. The molecule has 1 aromatic carbocycles. The predicted molar refractivity (Wildman–Crippen MR) is 62.4 cm³/mol. The van der Waals surface area contributed by atoms with Gasteiger partial charge >= 0.3 is 0 Å². The number of rotatable bonds is 2. The number of phenolic OH excluding ortho intramolecular Hbond substituents is 1. The molecule has 1 aromatic heterocycles. The molecule has 0 saturated carbocycles. The maximum atomic E-state index is 9.55. The zero-order valence-corrected chi connectivity index (χ0v) is 9.53. The third-order valence-electron chi connectivity index (χ3n) is 1.85. The standard InChI is InChI=1S/C11H7Cl2NO2/c12-7-1-3-10(9(15)5-7)16-8-2-4-11(13)14-6-8/h1-6,15H. The molecule has 2 aromatic rings. The second kappa shape index (κ2) is 4.60. The van der Waals surface area contributed by atoms with Gasteiger partial charge in [0.25, 0.3) is 0 Å². The van der Waals surface area contributed by atoms with Crippen molar-refractivity contribution in [3.8, 4) is 17.2 Å². The number of aromatic hydroxyl groups is 1. The predicted octanol–water partition coefficient (Wildman–Crippen LogP) is 3.89. The lowest BCUT2D eigenvalue weighted by molar-refractivity contribution is 0.410. The largest absolute Gasteiger partial charge is 0.504 e. The van der Waals surface area contributed by atoms with Crippen molar-refractivity contribution in [3.63, 3.8) is 0 Å². The second-order valence-corrected chi connectivity index (χ2v) is 3.85. The summed E-state index contributed by atoms with van der Waals surface area (Å²) >= 11 is 11.3. The normalized spacial score (nSPS) is 10.1. The first-order valence-corrected chi connectivity index (χ1v) is 5.18. The maximum absolute atomic E-state index is 9.55. The number of phenols is 1. The van der Waals surface area contributed by atoms with E-state index in [2.05, 4.69) is 4.98 Å². The molecule has 0 bridgehead atoms. The van der Waals surface area contributed by atoms with Crippen molar-refractivity contribution in [2.75, 3.05) is 0 Å². The van der Waals surface area contributed by atoms with Crippen molar-refractivity contribution in [1.82, 2.24) is 4.98 Å². The molecule has 0 unspecified atom stereocenters. The molecule has 0 atom stereocenters. The molecule has 0 fully saturated rings. The fourth-order valence-corrected chi connectivity index (χ4v) is 1.40. The van der Waals surface area contributed by atoms with Crippen molar-refractivity contribution in [2.24, 2.45) is 0 Å². The molecule has 0 radical (unpaired) electrons. The SMILES string of the molecule is Oc1cc(Cl)ccc1Oc1ccc(Cl)nc1. The summed E-state index contributed by atoms with van der Waals surface area (Å²) < 4.78 is 5.39. The topological polar surface area (TPSA) is 42.4 Å². The number of hydrogen-bond donors (Lipinski definition) is 1. The maximum Gasteiger partial charge on any atom is 0.169 e. The molecule has 2 rings (SSSR count). The minimum atomic E-state index is -0.0255. The van der Waals surface area contributed by atoms with Gasteiger partial charge in [0.05, 0.1) is 6.20 Å². The van der Waals surface area contributed by atoms with E-state index in [0.29, 0.717) is 21.7 Å². The number of ether oxygens (including phenoxy) is 1. The summed E-state index contributed by atoms with van der Waals surface area (Å²) in [6, 6.07) is 7.86. The molecule has 82 valence electrons. The summed E-state index contributed by atoms with van der Waals surface area (Å²) in [5.74, 6) is 0.776. The van der Waals surface area contributed by atoms with Crippen molar-refractivity contribution < 1.29 is 9.84 Å². The molecule has 0 aliphatic carbocycles. The summed E-state index contributed by atoms with van der Waals surface area (Å²) in [7, 11) is 0. The Morgan fingerprint density at radius 1 is 1.12 bits per heavy atom. The lowest BCUT2D eigenvalue weighted by Gasteiger charge is -2.07. The van der Waals surface area contributed by atoms with Gasteiger partial charge in [-0.05, 0) is 24.3 Å². The zero-order chi connectivity index (χ0) is 11.5. The van der Waals surface area contributed by atoms with Gasteiger partial charge in [-0.15, -0.1) is 0 Å². The Balaban J connectivity index is 2.23. The van der Waals surface area contributed by atoms with Crippen LogP contribution in [-0.4, -0.2) is 10.1 Å². The lowest BCUT2D eigenvalue weighted by Crippen LogP contribution is -1.85. The van der Waals surface area contributed by atoms with Crippen LogP contribution < -0.4 is 4.74 Å². The van der Waals surface area contributed by atoms with E-state index >= 15 is 0 Å². The minimum Gasteiger partial charge on any atom is -0.504 e. The number of halogens is 2. The van der Waals surface area contributed by atoms with E-state index in [1.54, 1.807) is 24.3 Å². The minimum absolute atomic E-state index is 0.0255. The van der Waals surface area contributed by atoms with Gasteiger partial charge in [-0.3, -0.25) is 0 Å². The van der Waals surface area contributed by atoms with Crippen LogP contribution >= 0.6 is 23.2 Å². The van der Waals surface area contributed by atoms with E-state index in [1.807, 2.05) is 0 Å². The first-order valence-electron chi connectivity index (χ1n) is 4.43. The van der Waals surface area contributed by atoms with Crippen molar-refractivity contribution >= 4 is 23.2 Å². The molecule has 0 aliphatic rings. The Labute approximate surface area is 102 Å². The van der Waals surface area contributed by atoms with E-state index in [9.17, 15) is 5.11 Å². The fraction of sp³-hybridized carbons (Fsp3) is 0. The van der Waals surface area contributed by atoms with Crippen molar-refractivity contribution in [3.05, 3.63) is 46.7 Å². The van der Waals surface area contributed by atoms with Crippen LogP contribution in [0, 0.1) is 0 Å². The van der Waals surface area contributed by atoms with Crippen molar-refractivity contribution in [1.29, 1.82) is 0 Å². The highest BCUT2D eigenvalue weighted by Crippen LogP contribution is 2.32. The number of hydrogen-bond acceptors (Lipinski definition) is 3. The molecule has 0 amide bonds. The highest BCUT2D eigenvalue weighted by atomic mass is 35.5. The first-order chi connectivity index (χ1) is 7.65. The van der Waals surface area contributed by atoms with Crippen molar-refractivity contribution in [2.45, 2.75) is 0 Å². The number of nitrogens with zero attached hydrogens (tertiary/aromatic N) is 1. The van der Waals surface area contributed by atoms with Gasteiger partial charge in [-0.25, -0.2) is 4.98 Å². The molecule has 1 N–H and O–H groups in total. The van der Waals surface area contributed by atoms with Crippen LogP contribution in [0.5, 0.6) is 17.2 Å². The van der Waals surface area contributed by atoms with Crippen LogP contribution in [0.25, 0.3) is 0 Å². The smallest absolute Gasteiger partial charge is 0.169 e. The van der Waals surface area contributed by atoms with E-state index in [1.165, 1.54) is 12.3 Å². The molecule has 0 saturated heterocycles. The van der Waals surface area contributed by atoms with Gasteiger partial charge in [0.1, 0.15) is 10.9 Å². The van der Waals surface area contributed by atoms with Crippen LogP contribution in [0.1, 0.15) is 0 Å². The van der Waals surface area contributed by atoms with Crippen LogP contribution in [-0.2, 0) is 0 Å². The van der Waals surface area contributed by atoms with E-state index < -0.39 is 0 Å². The van der Waals surface area contributed by atoms with Gasteiger partial charge in [-0.1, -0.05) is 23.2 Å². The summed E-state index contributed by atoms with van der Waals surface area (Å²) in [5, 5.41) is 10.4. The van der Waals surface area contributed by atoms with Gasteiger partial charge < -0.3 is 9.84 Å². The molecule has 1 heterocycles. The third kappa shape index (κ3) is 2.56. The number of aromatic nitrogens is 1. The van der Waals surface area contributed by atoms with E-state index in [-0.39, 0.29) is 5.75 Å². The summed E-state index contributed by atoms with van der Waals surface area (Å²) in [6.07, 6.45) is 1.47. The quantitative estimate of drug-likeness (QED) is 0.829. The van der Waals surface area contributed by atoms with E-state index in [4.69, 9.17) is 27.9 Å². The molecule has 16 heavy (non-hydrogen) atoms. The molecule has 0 spiro atoms. The van der Waals surface area contributed by atoms with Crippen LogP contribution in [0.15, 0.2) is 36.5 Å². The number of pyridine rings is 1. The summed E-state index contributed by atoms with van der Waals surface area (Å²) in [6.45, 7) is 0. The van der Waals surface area contributed by atoms with Crippen LogP contribution in [0.2, 0.25) is 10.2 Å². The number of benzene rings is 1. The van der Waals surface area contributed by atoms with Gasteiger partial charge in [-0.2, -0.15) is 0 Å². The van der Waals surface area contributed by atoms with Gasteiger partial charge in [0.2, 0.25) is 0 Å². The molecular formula is C11H7Cl2NO2. The lowest BCUT2D eigenvalue weighted by atomic mass is 10.3. The van der Waals surface area contributed by atoms with Crippen LogP contribution in [0.4, 0.5) is 0 Å². The zero-order valence-electron chi connectivity index (χ0n) is 8.02.